The summed E-state index contributed by atoms with van der Waals surface area (Å²) in [6.07, 6.45) is 3.03. The Hall–Kier alpha value is -2.95. The number of ketones is 1. The number of hydrogen-bond acceptors (Lipinski definition) is 5. The molecular weight excluding hydrogens is 294 g/mol. The van der Waals surface area contributed by atoms with Crippen LogP contribution in [-0.2, 0) is 0 Å². The predicted octanol–water partition coefficient (Wildman–Crippen LogP) is 3.52. The number of anilines is 1. The second-order valence-electron chi connectivity index (χ2n) is 4.64. The Kier molecular flexibility index (Phi) is 5.63. The van der Waals surface area contributed by atoms with E-state index in [1.807, 2.05) is 12.1 Å². The van der Waals surface area contributed by atoms with Gasteiger partial charge >= 0.3 is 0 Å². The summed E-state index contributed by atoms with van der Waals surface area (Å²) in [4.78, 5) is 12.1. The van der Waals surface area contributed by atoms with Crippen LogP contribution < -0.4 is 19.5 Å². The Morgan fingerprint density at radius 1 is 0.957 bits per heavy atom. The average molecular weight is 313 g/mol. The molecular formula is C18H19NO4. The summed E-state index contributed by atoms with van der Waals surface area (Å²) in [5.41, 5.74) is 1.30. The predicted molar refractivity (Wildman–Crippen MR) is 89.6 cm³/mol. The summed E-state index contributed by atoms with van der Waals surface area (Å²) in [7, 11) is 4.73. The van der Waals surface area contributed by atoms with E-state index in [4.69, 9.17) is 14.2 Å². The van der Waals surface area contributed by atoms with Crippen LogP contribution in [0.1, 0.15) is 10.4 Å². The van der Waals surface area contributed by atoms with Gasteiger partial charge in [-0.2, -0.15) is 0 Å². The molecule has 0 unspecified atom stereocenters. The Bertz CT molecular complexity index is 710. The van der Waals surface area contributed by atoms with Crippen LogP contribution in [0.4, 0.5) is 5.69 Å². The SMILES string of the molecule is COc1cccc(C(=O)/C=C/Nc2ccc(OC)cc2OC)c1. The molecule has 0 saturated heterocycles. The van der Waals surface area contributed by atoms with Crippen LogP contribution in [0.25, 0.3) is 0 Å². The number of benzene rings is 2. The highest BCUT2D eigenvalue weighted by molar-refractivity contribution is 6.04. The first-order valence-corrected chi connectivity index (χ1v) is 7.01. The molecule has 0 radical (unpaired) electrons. The Morgan fingerprint density at radius 3 is 2.39 bits per heavy atom. The van der Waals surface area contributed by atoms with Gasteiger partial charge in [-0.3, -0.25) is 4.79 Å². The minimum atomic E-state index is -0.121. The molecule has 0 atom stereocenters. The third-order valence-corrected chi connectivity index (χ3v) is 3.24. The minimum absolute atomic E-state index is 0.121. The highest BCUT2D eigenvalue weighted by atomic mass is 16.5. The van der Waals surface area contributed by atoms with Crippen molar-refractivity contribution in [2.45, 2.75) is 0 Å². The molecule has 0 aliphatic carbocycles. The maximum atomic E-state index is 12.1. The van der Waals surface area contributed by atoms with Crippen molar-refractivity contribution in [3.05, 3.63) is 60.3 Å². The first kappa shape index (κ1) is 16.4. The van der Waals surface area contributed by atoms with Crippen molar-refractivity contribution in [1.82, 2.24) is 0 Å². The van der Waals surface area contributed by atoms with Crippen LogP contribution in [0.5, 0.6) is 17.2 Å². The quantitative estimate of drug-likeness (QED) is 0.626. The van der Waals surface area contributed by atoms with Crippen LogP contribution in [0.15, 0.2) is 54.7 Å². The van der Waals surface area contributed by atoms with Crippen molar-refractivity contribution in [3.8, 4) is 17.2 Å². The fraction of sp³-hybridized carbons (Fsp3) is 0.167. The largest absolute Gasteiger partial charge is 0.497 e. The molecule has 23 heavy (non-hydrogen) atoms. The van der Waals surface area contributed by atoms with Gasteiger partial charge < -0.3 is 19.5 Å². The lowest BCUT2D eigenvalue weighted by Crippen LogP contribution is -1.98. The zero-order chi connectivity index (χ0) is 16.7. The van der Waals surface area contributed by atoms with Crippen molar-refractivity contribution < 1.29 is 19.0 Å². The molecule has 5 heteroatoms. The lowest BCUT2D eigenvalue weighted by Gasteiger charge is -2.09. The number of allylic oxidation sites excluding steroid dienone is 1. The van der Waals surface area contributed by atoms with Gasteiger partial charge in [0, 0.05) is 23.9 Å². The molecule has 0 saturated carbocycles. The Balaban J connectivity index is 2.07. The van der Waals surface area contributed by atoms with Crippen molar-refractivity contribution in [2.75, 3.05) is 26.6 Å². The molecule has 0 aliphatic heterocycles. The van der Waals surface area contributed by atoms with Crippen LogP contribution in [-0.4, -0.2) is 27.1 Å². The van der Waals surface area contributed by atoms with Crippen LogP contribution in [0.2, 0.25) is 0 Å². The molecule has 0 spiro atoms. The molecule has 2 rings (SSSR count). The fourth-order valence-electron chi connectivity index (χ4n) is 2.00. The third kappa shape index (κ3) is 4.26. The molecule has 0 bridgehead atoms. The second-order valence-corrected chi connectivity index (χ2v) is 4.64. The summed E-state index contributed by atoms with van der Waals surface area (Å²) >= 11 is 0. The van der Waals surface area contributed by atoms with Gasteiger partial charge in [-0.1, -0.05) is 12.1 Å². The first-order valence-electron chi connectivity index (χ1n) is 7.01. The number of hydrogen-bond donors (Lipinski definition) is 1. The van der Waals surface area contributed by atoms with Gasteiger partial charge in [0.2, 0.25) is 0 Å². The van der Waals surface area contributed by atoms with Crippen molar-refractivity contribution in [2.24, 2.45) is 0 Å². The summed E-state index contributed by atoms with van der Waals surface area (Å²) in [6.45, 7) is 0. The van der Waals surface area contributed by atoms with Crippen LogP contribution >= 0.6 is 0 Å². The zero-order valence-electron chi connectivity index (χ0n) is 13.3. The van der Waals surface area contributed by atoms with Crippen LogP contribution in [0.3, 0.4) is 0 Å². The normalized spacial score (nSPS) is 10.4. The molecule has 0 fully saturated rings. The molecule has 0 heterocycles. The smallest absolute Gasteiger partial charge is 0.187 e. The van der Waals surface area contributed by atoms with Gasteiger partial charge in [-0.15, -0.1) is 0 Å². The van der Waals surface area contributed by atoms with E-state index >= 15 is 0 Å². The second kappa shape index (κ2) is 7.89. The first-order chi connectivity index (χ1) is 11.2. The third-order valence-electron chi connectivity index (χ3n) is 3.24. The van der Waals surface area contributed by atoms with E-state index in [0.29, 0.717) is 22.8 Å². The van der Waals surface area contributed by atoms with E-state index in [-0.39, 0.29) is 5.78 Å². The van der Waals surface area contributed by atoms with Crippen molar-refractivity contribution in [1.29, 1.82) is 0 Å². The van der Waals surface area contributed by atoms with E-state index in [9.17, 15) is 4.79 Å². The number of methoxy groups -OCH3 is 3. The lowest BCUT2D eigenvalue weighted by molar-refractivity contribution is 0.104. The molecule has 2 aromatic carbocycles. The van der Waals surface area contributed by atoms with E-state index < -0.39 is 0 Å². The fourth-order valence-corrected chi connectivity index (χ4v) is 2.00. The molecule has 0 aliphatic rings. The number of rotatable bonds is 7. The number of carbonyl (C=O) groups is 1. The Morgan fingerprint density at radius 2 is 1.70 bits per heavy atom. The molecule has 5 nitrogen and oxygen atoms in total. The number of ether oxygens (including phenoxy) is 3. The summed E-state index contributed by atoms with van der Waals surface area (Å²) in [5, 5.41) is 3.03. The Labute approximate surface area is 135 Å². The van der Waals surface area contributed by atoms with Gasteiger partial charge in [0.25, 0.3) is 0 Å². The minimum Gasteiger partial charge on any atom is -0.497 e. The van der Waals surface area contributed by atoms with Gasteiger partial charge in [-0.25, -0.2) is 0 Å². The van der Waals surface area contributed by atoms with E-state index in [2.05, 4.69) is 5.32 Å². The molecule has 0 aromatic heterocycles. The highest BCUT2D eigenvalue weighted by Crippen LogP contribution is 2.28. The van der Waals surface area contributed by atoms with Gasteiger partial charge in [0.15, 0.2) is 5.78 Å². The lowest BCUT2D eigenvalue weighted by atomic mass is 10.1. The van der Waals surface area contributed by atoms with Gasteiger partial charge in [-0.05, 0) is 24.3 Å². The number of nitrogens with one attached hydrogen (secondary N) is 1. The summed E-state index contributed by atoms with van der Waals surface area (Å²) in [5.74, 6) is 1.85. The van der Waals surface area contributed by atoms with E-state index in [1.165, 1.54) is 6.08 Å². The van der Waals surface area contributed by atoms with Crippen molar-refractivity contribution in [3.63, 3.8) is 0 Å². The molecule has 120 valence electrons. The summed E-state index contributed by atoms with van der Waals surface area (Å²) in [6, 6.07) is 12.4. The molecule has 1 N–H and O–H groups in total. The topological polar surface area (TPSA) is 56.8 Å². The highest BCUT2D eigenvalue weighted by Gasteiger charge is 2.05. The van der Waals surface area contributed by atoms with Crippen molar-refractivity contribution >= 4 is 11.5 Å². The van der Waals surface area contributed by atoms with E-state index in [0.717, 1.165) is 5.69 Å². The van der Waals surface area contributed by atoms with Gasteiger partial charge in [0.05, 0.1) is 27.0 Å². The maximum absolute atomic E-state index is 12.1. The van der Waals surface area contributed by atoms with Gasteiger partial charge in [0.1, 0.15) is 17.2 Å². The molecule has 2 aromatic rings. The standard InChI is InChI=1S/C18H19NO4/c1-21-14-6-4-5-13(11-14)17(20)9-10-19-16-8-7-15(22-2)12-18(16)23-3/h4-12,19H,1-3H3/b10-9+. The average Bonchev–Trinajstić information content (AvgIpc) is 2.61. The van der Waals surface area contributed by atoms with E-state index in [1.54, 1.807) is 57.9 Å². The monoisotopic (exact) mass is 313 g/mol. The number of carbonyl (C=O) groups excluding carboxylic acids is 1. The molecule has 0 amide bonds. The zero-order valence-corrected chi connectivity index (χ0v) is 13.3. The summed E-state index contributed by atoms with van der Waals surface area (Å²) < 4.78 is 15.5. The maximum Gasteiger partial charge on any atom is 0.187 e. The van der Waals surface area contributed by atoms with Crippen LogP contribution in [0, 0.1) is 0 Å².